The quantitative estimate of drug-likeness (QED) is 0.535. The normalized spacial score (nSPS) is 15.4. The van der Waals surface area contributed by atoms with E-state index < -0.39 is 10.0 Å². The highest BCUT2D eigenvalue weighted by Crippen LogP contribution is 2.21. The second kappa shape index (κ2) is 8.87. The molecule has 0 bridgehead atoms. The minimum absolute atomic E-state index is 0.199. The van der Waals surface area contributed by atoms with Gasteiger partial charge in [-0.25, -0.2) is 8.42 Å². The van der Waals surface area contributed by atoms with Gasteiger partial charge < -0.3 is 4.74 Å². The summed E-state index contributed by atoms with van der Waals surface area (Å²) in [5.41, 5.74) is 0.885. The molecule has 0 atom stereocenters. The van der Waals surface area contributed by atoms with Crippen molar-refractivity contribution in [3.05, 3.63) is 59.1 Å². The number of sulfonamides is 1. The van der Waals surface area contributed by atoms with Crippen LogP contribution in [0, 0.1) is 0 Å². The van der Waals surface area contributed by atoms with Crippen molar-refractivity contribution in [2.75, 3.05) is 13.1 Å². The number of carbonyl (C=O) groups excluding carboxylic acids is 1. The molecule has 1 heterocycles. The summed E-state index contributed by atoms with van der Waals surface area (Å²) < 4.78 is 32.1. The summed E-state index contributed by atoms with van der Waals surface area (Å²) in [6.45, 7) is 1.17. The molecule has 0 unspecified atom stereocenters. The van der Waals surface area contributed by atoms with Crippen LogP contribution in [0.3, 0.4) is 0 Å². The molecule has 1 saturated heterocycles. The van der Waals surface area contributed by atoms with Crippen molar-refractivity contribution in [1.29, 1.82) is 0 Å². The summed E-state index contributed by atoms with van der Waals surface area (Å²) in [7, 11) is -3.43. The maximum absolute atomic E-state index is 12.6. The van der Waals surface area contributed by atoms with Crippen molar-refractivity contribution in [3.63, 3.8) is 0 Å². The molecule has 0 radical (unpaired) electrons. The van der Waals surface area contributed by atoms with E-state index in [4.69, 9.17) is 16.3 Å². The Bertz CT molecular complexity index is 890. The molecule has 0 spiro atoms. The van der Waals surface area contributed by atoms with E-state index in [9.17, 15) is 13.2 Å². The summed E-state index contributed by atoms with van der Waals surface area (Å²) in [5.74, 6) is 0.0535. The number of benzene rings is 2. The van der Waals surface area contributed by atoms with Crippen molar-refractivity contribution in [3.8, 4) is 5.75 Å². The number of halogens is 1. The first-order valence-corrected chi connectivity index (χ1v) is 10.8. The van der Waals surface area contributed by atoms with Gasteiger partial charge in [-0.2, -0.15) is 4.31 Å². The molecule has 5 nitrogen and oxygen atoms in total. The molecular formula is C20H22ClNO4S. The topological polar surface area (TPSA) is 63.7 Å². The van der Waals surface area contributed by atoms with Gasteiger partial charge in [-0.15, -0.1) is 0 Å². The zero-order valence-electron chi connectivity index (χ0n) is 14.9. The van der Waals surface area contributed by atoms with E-state index in [1.165, 1.54) is 0 Å². The Hall–Kier alpha value is -1.89. The van der Waals surface area contributed by atoms with Gasteiger partial charge in [0.05, 0.1) is 4.90 Å². The Labute approximate surface area is 165 Å². The Morgan fingerprint density at radius 2 is 1.74 bits per heavy atom. The van der Waals surface area contributed by atoms with Gasteiger partial charge in [0, 0.05) is 24.5 Å². The Balaban J connectivity index is 1.56. The van der Waals surface area contributed by atoms with Gasteiger partial charge in [-0.3, -0.25) is 4.79 Å². The maximum Gasteiger partial charge on any atom is 0.311 e. The number of carbonyl (C=O) groups is 1. The lowest BCUT2D eigenvalue weighted by atomic mass is 10.1. The summed E-state index contributed by atoms with van der Waals surface area (Å²) in [5, 5.41) is 0.505. The first-order chi connectivity index (χ1) is 12.9. The molecule has 3 rings (SSSR count). The van der Waals surface area contributed by atoms with E-state index in [1.807, 2.05) is 0 Å². The molecule has 0 aromatic heterocycles. The molecular weight excluding hydrogens is 386 g/mol. The van der Waals surface area contributed by atoms with Crippen LogP contribution in [-0.2, 0) is 21.2 Å². The average Bonchev–Trinajstić information content (AvgIpc) is 2.67. The molecule has 7 heteroatoms. The minimum atomic E-state index is -3.43. The monoisotopic (exact) mass is 407 g/mol. The fourth-order valence-electron chi connectivity index (χ4n) is 3.04. The van der Waals surface area contributed by atoms with Crippen LogP contribution in [0.5, 0.6) is 5.75 Å². The van der Waals surface area contributed by atoms with Crippen LogP contribution in [0.15, 0.2) is 53.4 Å². The highest BCUT2D eigenvalue weighted by Gasteiger charge is 2.25. The van der Waals surface area contributed by atoms with E-state index in [2.05, 4.69) is 0 Å². The molecule has 2 aromatic carbocycles. The molecule has 1 aliphatic rings. The average molecular weight is 408 g/mol. The second-order valence-corrected chi connectivity index (χ2v) is 8.91. The Morgan fingerprint density at radius 1 is 1.04 bits per heavy atom. The van der Waals surface area contributed by atoms with Crippen LogP contribution in [0.1, 0.15) is 31.2 Å². The zero-order valence-corrected chi connectivity index (χ0v) is 16.5. The number of rotatable bonds is 6. The van der Waals surface area contributed by atoms with Gasteiger partial charge in [0.2, 0.25) is 10.0 Å². The third kappa shape index (κ3) is 5.31. The molecule has 0 saturated carbocycles. The summed E-state index contributed by atoms with van der Waals surface area (Å²) in [4.78, 5) is 12.3. The van der Waals surface area contributed by atoms with Gasteiger partial charge in [0.15, 0.2) is 0 Å². The fraction of sp³-hybridized carbons (Fsp3) is 0.350. The largest absolute Gasteiger partial charge is 0.426 e. The van der Waals surface area contributed by atoms with Crippen LogP contribution in [0.25, 0.3) is 0 Å². The minimum Gasteiger partial charge on any atom is -0.426 e. The van der Waals surface area contributed by atoms with Crippen LogP contribution >= 0.6 is 11.6 Å². The van der Waals surface area contributed by atoms with Crippen LogP contribution < -0.4 is 4.74 Å². The summed E-state index contributed by atoms with van der Waals surface area (Å²) in [6.07, 6.45) is 3.57. The van der Waals surface area contributed by atoms with Crippen molar-refractivity contribution in [1.82, 2.24) is 4.31 Å². The van der Waals surface area contributed by atoms with Crippen molar-refractivity contribution < 1.29 is 17.9 Å². The first kappa shape index (κ1) is 19.9. The van der Waals surface area contributed by atoms with Crippen LogP contribution in [-0.4, -0.2) is 31.8 Å². The first-order valence-electron chi connectivity index (χ1n) is 9.00. The van der Waals surface area contributed by atoms with Crippen molar-refractivity contribution in [2.45, 2.75) is 37.0 Å². The van der Waals surface area contributed by atoms with E-state index in [0.717, 1.165) is 24.8 Å². The molecule has 1 fully saturated rings. The lowest BCUT2D eigenvalue weighted by molar-refractivity contribution is -0.134. The Kier molecular flexibility index (Phi) is 6.52. The molecule has 0 aliphatic carbocycles. The maximum atomic E-state index is 12.6. The number of ether oxygens (including phenoxy) is 1. The molecule has 0 N–H and O–H groups in total. The second-order valence-electron chi connectivity index (χ2n) is 6.54. The SMILES string of the molecule is O=C(CCc1ccc(S(=O)(=O)N2CCCCC2)cc1)Oc1cccc(Cl)c1. The number of hydrogen-bond acceptors (Lipinski definition) is 4. The van der Waals surface area contributed by atoms with Gasteiger partial charge >= 0.3 is 5.97 Å². The molecule has 144 valence electrons. The third-order valence-corrected chi connectivity index (χ3v) is 6.67. The van der Waals surface area contributed by atoms with E-state index in [0.29, 0.717) is 35.2 Å². The molecule has 1 aliphatic heterocycles. The predicted molar refractivity (Wildman–Crippen MR) is 104 cm³/mol. The van der Waals surface area contributed by atoms with Crippen molar-refractivity contribution >= 4 is 27.6 Å². The number of piperidine rings is 1. The lowest BCUT2D eigenvalue weighted by Gasteiger charge is -2.25. The number of nitrogens with zero attached hydrogens (tertiary/aromatic N) is 1. The Morgan fingerprint density at radius 3 is 2.41 bits per heavy atom. The van der Waals surface area contributed by atoms with Crippen LogP contribution in [0.4, 0.5) is 0 Å². The van der Waals surface area contributed by atoms with Crippen molar-refractivity contribution in [2.24, 2.45) is 0 Å². The fourth-order valence-corrected chi connectivity index (χ4v) is 4.74. The zero-order chi connectivity index (χ0) is 19.3. The lowest BCUT2D eigenvalue weighted by Crippen LogP contribution is -2.35. The van der Waals surface area contributed by atoms with Gasteiger partial charge in [0.25, 0.3) is 0 Å². The van der Waals surface area contributed by atoms with E-state index >= 15 is 0 Å². The number of aryl methyl sites for hydroxylation is 1. The van der Waals surface area contributed by atoms with Gasteiger partial charge in [-0.05, 0) is 55.2 Å². The summed E-state index contributed by atoms with van der Waals surface area (Å²) in [6, 6.07) is 13.4. The molecule has 27 heavy (non-hydrogen) atoms. The predicted octanol–water partition coefficient (Wildman–Crippen LogP) is 4.05. The highest BCUT2D eigenvalue weighted by molar-refractivity contribution is 7.89. The molecule has 2 aromatic rings. The van der Waals surface area contributed by atoms with E-state index in [-0.39, 0.29) is 12.4 Å². The van der Waals surface area contributed by atoms with Gasteiger partial charge in [0.1, 0.15) is 5.75 Å². The van der Waals surface area contributed by atoms with Crippen LogP contribution in [0.2, 0.25) is 5.02 Å². The smallest absolute Gasteiger partial charge is 0.311 e. The molecule has 0 amide bonds. The third-order valence-electron chi connectivity index (χ3n) is 4.52. The number of esters is 1. The number of hydrogen-bond donors (Lipinski definition) is 0. The van der Waals surface area contributed by atoms with E-state index in [1.54, 1.807) is 52.8 Å². The highest BCUT2D eigenvalue weighted by atomic mass is 35.5. The van der Waals surface area contributed by atoms with Gasteiger partial charge in [-0.1, -0.05) is 36.2 Å². The standard InChI is InChI=1S/C20H22ClNO4S/c21-17-5-4-6-18(15-17)26-20(23)12-9-16-7-10-19(11-8-16)27(24,25)22-13-2-1-3-14-22/h4-8,10-11,15H,1-3,9,12-14H2. The summed E-state index contributed by atoms with van der Waals surface area (Å²) >= 11 is 5.87.